The quantitative estimate of drug-likeness (QED) is 0.0705. The topological polar surface area (TPSA) is 136 Å². The van der Waals surface area contributed by atoms with Crippen LogP contribution in [0.5, 0.6) is 17.2 Å². The smallest absolute Gasteiger partial charge is 0.317 e. The van der Waals surface area contributed by atoms with Gasteiger partial charge >= 0.3 is 11.9 Å². The van der Waals surface area contributed by atoms with Crippen molar-refractivity contribution in [2.75, 3.05) is 6.61 Å². The van der Waals surface area contributed by atoms with Crippen molar-refractivity contribution in [3.05, 3.63) is 17.7 Å². The van der Waals surface area contributed by atoms with Crippen LogP contribution in [-0.2, 0) is 55.1 Å². The zero-order valence-electron chi connectivity index (χ0n) is 29.3. The number of rotatable bonds is 14. The third-order valence-corrected chi connectivity index (χ3v) is 5.03. The minimum atomic E-state index is -1.64. The Hall–Kier alpha value is -2.36. The molecule has 0 unspecified atom stereocenters. The highest BCUT2D eigenvalue weighted by Crippen LogP contribution is 2.42. The van der Waals surface area contributed by atoms with E-state index in [-0.39, 0.29) is 23.7 Å². The summed E-state index contributed by atoms with van der Waals surface area (Å²) < 4.78 is 17.1. The van der Waals surface area contributed by atoms with Crippen molar-refractivity contribution in [2.24, 2.45) is 0 Å². The molecule has 1 aromatic rings. The number of ether oxygens (including phenoxy) is 3. The van der Waals surface area contributed by atoms with Crippen molar-refractivity contribution in [3.8, 4) is 17.2 Å². The van der Waals surface area contributed by atoms with Crippen LogP contribution in [0.4, 0.5) is 0 Å². The maximum atomic E-state index is 13.1. The van der Waals surface area contributed by atoms with Gasteiger partial charge < -0.3 is 14.2 Å². The van der Waals surface area contributed by atoms with Gasteiger partial charge in [-0.2, -0.15) is 19.6 Å². The SMILES string of the molecule is CC(C)(C)OOC(C)(CC(=O)Oc1ccc(OC(=O)CC(C)(OOC(C)(C)C)OOC(C)(C)C)c2c1CCO2)OOC(C)(C)C. The number of benzene rings is 1. The summed E-state index contributed by atoms with van der Waals surface area (Å²) in [5, 5.41) is 0. The Labute approximate surface area is 266 Å². The molecule has 0 saturated carbocycles. The molecule has 0 aliphatic carbocycles. The zero-order chi connectivity index (χ0) is 34.5. The van der Waals surface area contributed by atoms with Crippen molar-refractivity contribution in [2.45, 2.75) is 150 Å². The average Bonchev–Trinajstić information content (AvgIpc) is 3.35. The first-order valence-electron chi connectivity index (χ1n) is 14.9. The third-order valence-electron chi connectivity index (χ3n) is 5.03. The van der Waals surface area contributed by atoms with Crippen LogP contribution in [0.2, 0.25) is 0 Å². The third kappa shape index (κ3) is 14.7. The lowest BCUT2D eigenvalue weighted by atomic mass is 10.1. The van der Waals surface area contributed by atoms with Crippen LogP contribution in [-0.4, -0.2) is 52.5 Å². The molecule has 1 aliphatic heterocycles. The summed E-state index contributed by atoms with van der Waals surface area (Å²) in [6.07, 6.45) is -0.357. The van der Waals surface area contributed by atoms with E-state index in [1.54, 1.807) is 83.1 Å². The molecule has 0 N–H and O–H groups in total. The molecule has 13 nitrogen and oxygen atoms in total. The van der Waals surface area contributed by atoms with Gasteiger partial charge in [-0.25, -0.2) is 19.6 Å². The summed E-state index contributed by atoms with van der Waals surface area (Å²) >= 11 is 0. The van der Waals surface area contributed by atoms with E-state index in [1.807, 2.05) is 0 Å². The summed E-state index contributed by atoms with van der Waals surface area (Å²) in [7, 11) is 0. The van der Waals surface area contributed by atoms with Crippen LogP contribution in [0.1, 0.15) is 115 Å². The molecular weight excluding hydrogens is 592 g/mol. The first-order valence-corrected chi connectivity index (χ1v) is 14.9. The van der Waals surface area contributed by atoms with E-state index < -0.39 is 52.3 Å². The first-order chi connectivity index (χ1) is 20.3. The van der Waals surface area contributed by atoms with E-state index in [0.29, 0.717) is 18.6 Å². The van der Waals surface area contributed by atoms with Gasteiger partial charge in [-0.1, -0.05) is 0 Å². The van der Waals surface area contributed by atoms with Gasteiger partial charge in [0.25, 0.3) is 0 Å². The molecule has 0 bridgehead atoms. The Morgan fingerprint density at radius 1 is 0.556 bits per heavy atom. The maximum absolute atomic E-state index is 13.1. The Kier molecular flexibility index (Phi) is 12.6. The van der Waals surface area contributed by atoms with Gasteiger partial charge in [-0.05, 0) is 109 Å². The number of esters is 2. The maximum Gasteiger partial charge on any atom is 0.317 e. The van der Waals surface area contributed by atoms with Gasteiger partial charge in [0.15, 0.2) is 11.5 Å². The van der Waals surface area contributed by atoms with E-state index in [0.717, 1.165) is 0 Å². The predicted octanol–water partition coefficient (Wildman–Crippen LogP) is 6.63. The highest BCUT2D eigenvalue weighted by molar-refractivity contribution is 5.77. The summed E-state index contributed by atoms with van der Waals surface area (Å²) in [6, 6.07) is 2.99. The Bertz CT molecular complexity index is 1020. The highest BCUT2D eigenvalue weighted by Gasteiger charge is 2.39. The number of carbonyl (C=O) groups excluding carboxylic acids is 2. The zero-order valence-corrected chi connectivity index (χ0v) is 29.3. The van der Waals surface area contributed by atoms with Crippen molar-refractivity contribution >= 4 is 11.9 Å². The Morgan fingerprint density at radius 2 is 0.889 bits per heavy atom. The van der Waals surface area contributed by atoms with Crippen molar-refractivity contribution < 1.29 is 62.9 Å². The van der Waals surface area contributed by atoms with Crippen molar-refractivity contribution in [1.29, 1.82) is 0 Å². The molecule has 13 heteroatoms. The fourth-order valence-electron chi connectivity index (χ4n) is 3.25. The molecule has 0 spiro atoms. The summed E-state index contributed by atoms with van der Waals surface area (Å²) in [5.74, 6) is -4.02. The lowest BCUT2D eigenvalue weighted by molar-refractivity contribution is -0.535. The first kappa shape index (κ1) is 38.8. The largest absolute Gasteiger partial charge is 0.489 e. The molecule has 0 saturated heterocycles. The van der Waals surface area contributed by atoms with Crippen molar-refractivity contribution in [1.82, 2.24) is 0 Å². The summed E-state index contributed by atoms with van der Waals surface area (Å²) in [5.41, 5.74) is -2.19. The lowest BCUT2D eigenvalue weighted by Crippen LogP contribution is -2.41. The molecule has 2 rings (SSSR count). The van der Waals surface area contributed by atoms with Crippen LogP contribution in [0.15, 0.2) is 12.1 Å². The second-order valence-corrected chi connectivity index (χ2v) is 15.2. The minimum absolute atomic E-state index is 0.136. The second-order valence-electron chi connectivity index (χ2n) is 15.2. The molecule has 0 atom stereocenters. The average molecular weight is 645 g/mol. The molecule has 258 valence electrons. The van der Waals surface area contributed by atoms with Crippen LogP contribution in [0, 0.1) is 0 Å². The number of carbonyl (C=O) groups is 2. The molecule has 1 aliphatic rings. The normalized spacial score (nSPS) is 14.6. The fourth-order valence-corrected chi connectivity index (χ4v) is 3.25. The summed E-state index contributed by atoms with van der Waals surface area (Å²) in [6.45, 7) is 24.7. The van der Waals surface area contributed by atoms with Crippen LogP contribution in [0.25, 0.3) is 0 Å². The standard InChI is InChI=1S/C32H52O13/c1-27(2,3)38-42-31(13,43-39-28(4,5)6)19-24(33)36-22-15-16-23(26-21(22)17-18-35-26)37-25(34)20-32(14,44-40-29(7,8)9)45-41-30(10,11)12/h15-16H,17-20H2,1-14H3. The van der Waals surface area contributed by atoms with E-state index in [2.05, 4.69) is 0 Å². The van der Waals surface area contributed by atoms with Gasteiger partial charge in [0.1, 0.15) is 18.6 Å². The minimum Gasteiger partial charge on any atom is -0.489 e. The van der Waals surface area contributed by atoms with E-state index in [1.165, 1.54) is 26.0 Å². The molecule has 1 heterocycles. The second kappa shape index (κ2) is 14.6. The number of hydrogen-bond donors (Lipinski definition) is 0. The van der Waals surface area contributed by atoms with Gasteiger partial charge in [0.2, 0.25) is 11.6 Å². The molecule has 45 heavy (non-hydrogen) atoms. The molecule has 0 fully saturated rings. The van der Waals surface area contributed by atoms with E-state index >= 15 is 0 Å². The van der Waals surface area contributed by atoms with Gasteiger partial charge in [0, 0.05) is 12.0 Å². The van der Waals surface area contributed by atoms with E-state index in [9.17, 15) is 9.59 Å². The Balaban J connectivity index is 2.18. The number of hydrogen-bond acceptors (Lipinski definition) is 13. The molecular formula is C32H52O13. The van der Waals surface area contributed by atoms with Gasteiger partial charge in [0.05, 0.1) is 29.0 Å². The van der Waals surface area contributed by atoms with E-state index in [4.69, 9.17) is 53.3 Å². The van der Waals surface area contributed by atoms with Crippen LogP contribution in [0.3, 0.4) is 0 Å². The highest BCUT2D eigenvalue weighted by atomic mass is 17.3. The van der Waals surface area contributed by atoms with Crippen LogP contribution < -0.4 is 14.2 Å². The molecule has 0 radical (unpaired) electrons. The Morgan fingerprint density at radius 3 is 1.24 bits per heavy atom. The van der Waals surface area contributed by atoms with Gasteiger partial charge in [-0.3, -0.25) is 9.59 Å². The van der Waals surface area contributed by atoms with Crippen molar-refractivity contribution in [3.63, 3.8) is 0 Å². The monoisotopic (exact) mass is 644 g/mol. The molecule has 0 amide bonds. The van der Waals surface area contributed by atoms with Crippen LogP contribution >= 0.6 is 0 Å². The molecule has 0 aromatic heterocycles. The lowest BCUT2D eigenvalue weighted by Gasteiger charge is -2.32. The fraction of sp³-hybridized carbons (Fsp3) is 0.750. The summed E-state index contributed by atoms with van der Waals surface area (Å²) in [4.78, 5) is 69.8. The predicted molar refractivity (Wildman–Crippen MR) is 161 cm³/mol. The molecule has 1 aromatic carbocycles. The number of fused-ring (bicyclic) bond motifs is 1. The van der Waals surface area contributed by atoms with Gasteiger partial charge in [-0.15, -0.1) is 0 Å².